The molecule has 2 fully saturated rings. The molecule has 0 unspecified atom stereocenters. The van der Waals surface area contributed by atoms with Crippen molar-refractivity contribution >= 4 is 22.5 Å². The van der Waals surface area contributed by atoms with Crippen LogP contribution in [0.5, 0.6) is 0 Å². The number of carbonyl (C=O) groups is 1. The SMILES string of the molecule is Cn1cc(-c2ccc3cnc(NC(=O)C4CCN(C5CCOCC5)CC4)cc3c2)cn1. The first kappa shape index (κ1) is 20.2. The van der Waals surface area contributed by atoms with E-state index < -0.39 is 0 Å². The lowest BCUT2D eigenvalue weighted by atomic mass is 9.93. The Morgan fingerprint density at radius 1 is 1.03 bits per heavy atom. The topological polar surface area (TPSA) is 72.3 Å². The van der Waals surface area contributed by atoms with Crippen molar-refractivity contribution in [3.8, 4) is 11.1 Å². The molecule has 162 valence electrons. The molecule has 2 saturated heterocycles. The average molecular weight is 420 g/mol. The van der Waals surface area contributed by atoms with Gasteiger partial charge in [-0.15, -0.1) is 0 Å². The summed E-state index contributed by atoms with van der Waals surface area (Å²) in [4.78, 5) is 19.9. The molecule has 3 aromatic rings. The molecule has 7 nitrogen and oxygen atoms in total. The number of rotatable bonds is 4. The molecule has 2 aliphatic rings. The van der Waals surface area contributed by atoms with Gasteiger partial charge in [0.1, 0.15) is 5.82 Å². The first-order valence-electron chi connectivity index (χ1n) is 11.2. The molecule has 0 bridgehead atoms. The Balaban J connectivity index is 1.24. The van der Waals surface area contributed by atoms with Gasteiger partial charge in [-0.25, -0.2) is 4.98 Å². The Morgan fingerprint density at radius 2 is 1.84 bits per heavy atom. The molecule has 31 heavy (non-hydrogen) atoms. The van der Waals surface area contributed by atoms with E-state index in [-0.39, 0.29) is 11.8 Å². The number of pyridine rings is 1. The third kappa shape index (κ3) is 4.48. The zero-order valence-corrected chi connectivity index (χ0v) is 18.0. The highest BCUT2D eigenvalue weighted by atomic mass is 16.5. The van der Waals surface area contributed by atoms with Gasteiger partial charge in [0.25, 0.3) is 0 Å². The van der Waals surface area contributed by atoms with Crippen molar-refractivity contribution in [1.29, 1.82) is 0 Å². The first-order valence-corrected chi connectivity index (χ1v) is 11.2. The third-order valence-corrected chi connectivity index (χ3v) is 6.62. The van der Waals surface area contributed by atoms with Crippen LogP contribution in [0.4, 0.5) is 5.82 Å². The fraction of sp³-hybridized carbons (Fsp3) is 0.458. The van der Waals surface area contributed by atoms with Crippen LogP contribution in [0, 0.1) is 5.92 Å². The quantitative estimate of drug-likeness (QED) is 0.701. The van der Waals surface area contributed by atoms with E-state index in [1.807, 2.05) is 31.7 Å². The molecule has 0 aliphatic carbocycles. The first-order chi connectivity index (χ1) is 15.2. The molecule has 1 amide bonds. The average Bonchev–Trinajstić information content (AvgIpc) is 3.25. The summed E-state index contributed by atoms with van der Waals surface area (Å²) >= 11 is 0. The number of anilines is 1. The number of hydrogen-bond acceptors (Lipinski definition) is 5. The van der Waals surface area contributed by atoms with E-state index in [2.05, 4.69) is 38.5 Å². The minimum atomic E-state index is 0.0512. The summed E-state index contributed by atoms with van der Waals surface area (Å²) in [5.41, 5.74) is 2.17. The Morgan fingerprint density at radius 3 is 2.58 bits per heavy atom. The number of hydrogen-bond donors (Lipinski definition) is 1. The lowest BCUT2D eigenvalue weighted by molar-refractivity contribution is -0.121. The molecule has 1 N–H and O–H groups in total. The molecule has 0 radical (unpaired) electrons. The second-order valence-corrected chi connectivity index (χ2v) is 8.68. The lowest BCUT2D eigenvalue weighted by Crippen LogP contribution is -2.45. The van der Waals surface area contributed by atoms with E-state index in [0.717, 1.165) is 73.9 Å². The number of amides is 1. The predicted octanol–water partition coefficient (Wildman–Crippen LogP) is 3.46. The van der Waals surface area contributed by atoms with Crippen LogP contribution < -0.4 is 5.32 Å². The van der Waals surface area contributed by atoms with Crippen LogP contribution in [0.1, 0.15) is 25.7 Å². The van der Waals surface area contributed by atoms with Crippen LogP contribution in [-0.2, 0) is 16.6 Å². The van der Waals surface area contributed by atoms with E-state index in [1.165, 1.54) is 0 Å². The van der Waals surface area contributed by atoms with Crippen molar-refractivity contribution in [1.82, 2.24) is 19.7 Å². The van der Waals surface area contributed by atoms with Gasteiger partial charge in [0.05, 0.1) is 6.20 Å². The number of ether oxygens (including phenoxy) is 1. The van der Waals surface area contributed by atoms with E-state index in [9.17, 15) is 4.79 Å². The maximum absolute atomic E-state index is 12.9. The Labute approximate surface area is 182 Å². The van der Waals surface area contributed by atoms with Crippen molar-refractivity contribution in [3.05, 3.63) is 42.9 Å². The smallest absolute Gasteiger partial charge is 0.228 e. The normalized spacial score (nSPS) is 19.0. The minimum Gasteiger partial charge on any atom is -0.381 e. The van der Waals surface area contributed by atoms with Crippen LogP contribution in [0.25, 0.3) is 21.9 Å². The maximum Gasteiger partial charge on any atom is 0.228 e. The summed E-state index contributed by atoms with van der Waals surface area (Å²) in [6, 6.07) is 8.84. The van der Waals surface area contributed by atoms with Crippen molar-refractivity contribution in [3.63, 3.8) is 0 Å². The van der Waals surface area contributed by atoms with Gasteiger partial charge in [-0.1, -0.05) is 12.1 Å². The van der Waals surface area contributed by atoms with Gasteiger partial charge in [-0.3, -0.25) is 9.48 Å². The standard InChI is InChI=1S/C24H29N5O2/c1-28-16-21(15-26-28)18-2-3-19-14-25-23(13-20(19)12-18)27-24(30)17-4-8-29(9-5-17)22-6-10-31-11-7-22/h2-3,12-17,22H,4-11H2,1H3,(H,25,27,30). The number of fused-ring (bicyclic) bond motifs is 1. The number of likely N-dealkylation sites (tertiary alicyclic amines) is 1. The van der Waals surface area contributed by atoms with Gasteiger partial charge in [0.15, 0.2) is 0 Å². The number of aromatic nitrogens is 3. The van der Waals surface area contributed by atoms with Crippen molar-refractivity contribution < 1.29 is 9.53 Å². The van der Waals surface area contributed by atoms with Gasteiger partial charge in [0.2, 0.25) is 5.91 Å². The second kappa shape index (κ2) is 8.77. The van der Waals surface area contributed by atoms with Gasteiger partial charge in [-0.05, 0) is 61.9 Å². The number of benzene rings is 1. The summed E-state index contributed by atoms with van der Waals surface area (Å²) in [7, 11) is 1.91. The summed E-state index contributed by atoms with van der Waals surface area (Å²) in [6.45, 7) is 3.70. The summed E-state index contributed by atoms with van der Waals surface area (Å²) in [6.07, 6.45) is 9.71. The van der Waals surface area contributed by atoms with Crippen molar-refractivity contribution in [2.24, 2.45) is 13.0 Å². The van der Waals surface area contributed by atoms with Crippen molar-refractivity contribution in [2.45, 2.75) is 31.7 Å². The highest BCUT2D eigenvalue weighted by Gasteiger charge is 2.29. The number of nitrogens with one attached hydrogen (secondary N) is 1. The van der Waals surface area contributed by atoms with E-state index in [1.54, 1.807) is 4.68 Å². The third-order valence-electron chi connectivity index (χ3n) is 6.62. The molecule has 2 aromatic heterocycles. The Bertz CT molecular complexity index is 1060. The number of piperidine rings is 1. The summed E-state index contributed by atoms with van der Waals surface area (Å²) in [5.74, 6) is 0.755. The molecule has 0 spiro atoms. The molecule has 7 heteroatoms. The Hall–Kier alpha value is -2.77. The Kier molecular flexibility index (Phi) is 5.70. The fourth-order valence-corrected chi connectivity index (χ4v) is 4.76. The monoisotopic (exact) mass is 419 g/mol. The van der Waals surface area contributed by atoms with E-state index >= 15 is 0 Å². The van der Waals surface area contributed by atoms with Crippen LogP contribution in [-0.4, -0.2) is 57.9 Å². The number of nitrogens with zero attached hydrogens (tertiary/aromatic N) is 4. The van der Waals surface area contributed by atoms with Gasteiger partial charge in [0, 0.05) is 55.6 Å². The van der Waals surface area contributed by atoms with Gasteiger partial charge >= 0.3 is 0 Å². The van der Waals surface area contributed by atoms with Crippen LogP contribution in [0.2, 0.25) is 0 Å². The van der Waals surface area contributed by atoms with Gasteiger partial charge in [-0.2, -0.15) is 5.10 Å². The fourth-order valence-electron chi connectivity index (χ4n) is 4.76. The molecule has 2 aliphatic heterocycles. The summed E-state index contributed by atoms with van der Waals surface area (Å²) < 4.78 is 7.28. The lowest BCUT2D eigenvalue weighted by Gasteiger charge is -2.38. The molecular weight excluding hydrogens is 390 g/mol. The zero-order valence-electron chi connectivity index (χ0n) is 18.0. The number of aryl methyl sites for hydroxylation is 1. The molecule has 1 aromatic carbocycles. The van der Waals surface area contributed by atoms with E-state index in [4.69, 9.17) is 4.74 Å². The molecule has 4 heterocycles. The summed E-state index contributed by atoms with van der Waals surface area (Å²) in [5, 5.41) is 9.42. The maximum atomic E-state index is 12.9. The second-order valence-electron chi connectivity index (χ2n) is 8.68. The molecule has 5 rings (SSSR count). The zero-order chi connectivity index (χ0) is 21.2. The largest absolute Gasteiger partial charge is 0.381 e. The molecule has 0 atom stereocenters. The minimum absolute atomic E-state index is 0.0512. The highest BCUT2D eigenvalue weighted by Crippen LogP contribution is 2.27. The van der Waals surface area contributed by atoms with E-state index in [0.29, 0.717) is 11.9 Å². The molecular formula is C24H29N5O2. The van der Waals surface area contributed by atoms with Crippen molar-refractivity contribution in [2.75, 3.05) is 31.6 Å². The predicted molar refractivity (Wildman–Crippen MR) is 121 cm³/mol. The van der Waals surface area contributed by atoms with Crippen LogP contribution in [0.15, 0.2) is 42.9 Å². The van der Waals surface area contributed by atoms with Crippen LogP contribution in [0.3, 0.4) is 0 Å². The molecule has 0 saturated carbocycles. The van der Waals surface area contributed by atoms with Crippen LogP contribution >= 0.6 is 0 Å². The number of carbonyl (C=O) groups excluding carboxylic acids is 1. The van der Waals surface area contributed by atoms with Gasteiger partial charge < -0.3 is 15.0 Å². The highest BCUT2D eigenvalue weighted by molar-refractivity contribution is 5.95.